The minimum atomic E-state index is -0.438. The van der Waals surface area contributed by atoms with Crippen LogP contribution in [0, 0.1) is 6.92 Å². The van der Waals surface area contributed by atoms with E-state index in [1.54, 1.807) is 12.1 Å². The number of hydrogen-bond acceptors (Lipinski definition) is 4. The van der Waals surface area contributed by atoms with Crippen molar-refractivity contribution in [1.29, 1.82) is 0 Å². The highest BCUT2D eigenvalue weighted by Gasteiger charge is 2.21. The molecule has 1 amide bonds. The molecule has 0 bridgehead atoms. The molecule has 0 spiro atoms. The van der Waals surface area contributed by atoms with Gasteiger partial charge in [-0.05, 0) is 48.9 Å². The van der Waals surface area contributed by atoms with Gasteiger partial charge in [-0.1, -0.05) is 35.9 Å². The Bertz CT molecular complexity index is 1110. The summed E-state index contributed by atoms with van der Waals surface area (Å²) in [5.41, 5.74) is 3.16. The third-order valence-corrected chi connectivity index (χ3v) is 5.36. The quantitative estimate of drug-likeness (QED) is 0.665. The van der Waals surface area contributed by atoms with Gasteiger partial charge < -0.3 is 14.5 Å². The zero-order valence-electron chi connectivity index (χ0n) is 15.5. The second-order valence-corrected chi connectivity index (χ2v) is 7.43. The fraction of sp³-hybridized carbons (Fsp3) is 0.273. The van der Waals surface area contributed by atoms with Gasteiger partial charge in [0.25, 0.3) is 5.91 Å². The predicted molar refractivity (Wildman–Crippen MR) is 108 cm³/mol. The van der Waals surface area contributed by atoms with Crippen LogP contribution in [0.15, 0.2) is 51.7 Å². The van der Waals surface area contributed by atoms with Crippen LogP contribution in [-0.4, -0.2) is 12.5 Å². The lowest BCUT2D eigenvalue weighted by Crippen LogP contribution is -2.34. The molecule has 1 atom stereocenters. The molecule has 0 radical (unpaired) electrons. The van der Waals surface area contributed by atoms with Crippen molar-refractivity contribution in [3.8, 4) is 5.75 Å². The minimum Gasteiger partial charge on any atom is -0.482 e. The third kappa shape index (κ3) is 3.76. The first kappa shape index (κ1) is 18.6. The van der Waals surface area contributed by atoms with Crippen LogP contribution in [-0.2, 0) is 11.2 Å². The lowest BCUT2D eigenvalue weighted by atomic mass is 9.88. The topological polar surface area (TPSA) is 68.5 Å². The monoisotopic (exact) mass is 397 g/mol. The molecule has 0 unspecified atom stereocenters. The average molecular weight is 398 g/mol. The summed E-state index contributed by atoms with van der Waals surface area (Å²) in [5, 5.41) is 4.14. The number of rotatable bonds is 4. The first-order valence-corrected chi connectivity index (χ1v) is 9.63. The van der Waals surface area contributed by atoms with Crippen LogP contribution in [0.25, 0.3) is 11.0 Å². The summed E-state index contributed by atoms with van der Waals surface area (Å²) >= 11 is 6.28. The molecule has 5 nitrogen and oxygen atoms in total. The smallest absolute Gasteiger partial charge is 0.336 e. The molecule has 1 heterocycles. The van der Waals surface area contributed by atoms with E-state index in [0.29, 0.717) is 16.4 Å². The predicted octanol–water partition coefficient (Wildman–Crippen LogP) is 4.33. The van der Waals surface area contributed by atoms with Crippen molar-refractivity contribution < 1.29 is 13.9 Å². The van der Waals surface area contributed by atoms with E-state index >= 15 is 0 Å². The zero-order chi connectivity index (χ0) is 19.7. The van der Waals surface area contributed by atoms with E-state index in [2.05, 4.69) is 17.4 Å². The molecule has 4 rings (SSSR count). The molecule has 3 aromatic rings. The van der Waals surface area contributed by atoms with Gasteiger partial charge in [0.2, 0.25) is 0 Å². The van der Waals surface area contributed by atoms with E-state index in [1.165, 1.54) is 17.2 Å². The number of halogens is 1. The van der Waals surface area contributed by atoms with Crippen LogP contribution in [0.5, 0.6) is 5.75 Å². The molecule has 1 aromatic heterocycles. The van der Waals surface area contributed by atoms with Crippen LogP contribution in [0.2, 0.25) is 5.02 Å². The molecule has 0 fully saturated rings. The number of ether oxygens (including phenoxy) is 1. The van der Waals surface area contributed by atoms with Crippen LogP contribution < -0.4 is 15.7 Å². The minimum absolute atomic E-state index is 0.00574. The summed E-state index contributed by atoms with van der Waals surface area (Å²) < 4.78 is 10.8. The summed E-state index contributed by atoms with van der Waals surface area (Å²) in [5.74, 6) is 0.0886. The van der Waals surface area contributed by atoms with Crippen molar-refractivity contribution in [2.24, 2.45) is 0 Å². The highest BCUT2D eigenvalue weighted by atomic mass is 35.5. The number of aryl methyl sites for hydroxylation is 2. The van der Waals surface area contributed by atoms with Crippen molar-refractivity contribution in [1.82, 2.24) is 5.32 Å². The Morgan fingerprint density at radius 1 is 1.29 bits per heavy atom. The highest BCUT2D eigenvalue weighted by Crippen LogP contribution is 2.32. The number of nitrogens with one attached hydrogen (secondary N) is 1. The van der Waals surface area contributed by atoms with Gasteiger partial charge in [0, 0.05) is 17.5 Å². The van der Waals surface area contributed by atoms with Crippen LogP contribution in [0.1, 0.15) is 35.6 Å². The van der Waals surface area contributed by atoms with Crippen molar-refractivity contribution in [2.75, 3.05) is 6.61 Å². The van der Waals surface area contributed by atoms with Crippen molar-refractivity contribution >= 4 is 28.5 Å². The molecule has 28 heavy (non-hydrogen) atoms. The van der Waals surface area contributed by atoms with Gasteiger partial charge in [0.15, 0.2) is 6.61 Å². The Labute approximate surface area is 167 Å². The molecule has 6 heteroatoms. The number of hydrogen-bond donors (Lipinski definition) is 1. The summed E-state index contributed by atoms with van der Waals surface area (Å²) in [6.45, 7) is 1.64. The number of fused-ring (bicyclic) bond motifs is 2. The van der Waals surface area contributed by atoms with Gasteiger partial charge in [-0.3, -0.25) is 4.79 Å². The molecule has 0 aliphatic heterocycles. The lowest BCUT2D eigenvalue weighted by molar-refractivity contribution is -0.123. The standard InChI is InChI=1S/C22H20ClNO4/c1-13-9-22(26)28-19-11-20(17(23)10-16(13)19)27-12-21(25)24-18-8-4-6-14-5-2-3-7-15(14)18/h2-3,5,7,9-11,18H,4,6,8,12H2,1H3,(H,24,25)/t18-/m0/s1. The van der Waals surface area contributed by atoms with Crippen molar-refractivity contribution in [2.45, 2.75) is 32.2 Å². The van der Waals surface area contributed by atoms with Gasteiger partial charge >= 0.3 is 5.63 Å². The zero-order valence-corrected chi connectivity index (χ0v) is 16.2. The van der Waals surface area contributed by atoms with Gasteiger partial charge in [-0.25, -0.2) is 4.79 Å². The summed E-state index contributed by atoms with van der Waals surface area (Å²) in [6.07, 6.45) is 2.98. The first-order valence-electron chi connectivity index (χ1n) is 9.25. The van der Waals surface area contributed by atoms with E-state index in [-0.39, 0.29) is 18.6 Å². The Hall–Kier alpha value is -2.79. The molecular formula is C22H20ClNO4. The van der Waals surface area contributed by atoms with Gasteiger partial charge in [-0.2, -0.15) is 0 Å². The maximum Gasteiger partial charge on any atom is 0.336 e. The Morgan fingerprint density at radius 2 is 2.11 bits per heavy atom. The Morgan fingerprint density at radius 3 is 2.96 bits per heavy atom. The first-order chi connectivity index (χ1) is 13.5. The van der Waals surface area contributed by atoms with Gasteiger partial charge in [0.1, 0.15) is 11.3 Å². The molecule has 144 valence electrons. The molecule has 2 aromatic carbocycles. The highest BCUT2D eigenvalue weighted by molar-refractivity contribution is 6.32. The van der Waals surface area contributed by atoms with Crippen LogP contribution >= 0.6 is 11.6 Å². The SMILES string of the molecule is Cc1cc(=O)oc2cc(OCC(=O)N[C@H]3CCCc4ccccc43)c(Cl)cc12. The maximum atomic E-state index is 12.4. The molecule has 0 saturated heterocycles. The fourth-order valence-electron chi connectivity index (χ4n) is 3.71. The number of benzene rings is 2. The van der Waals surface area contributed by atoms with Crippen molar-refractivity contribution in [3.05, 3.63) is 74.6 Å². The summed E-state index contributed by atoms with van der Waals surface area (Å²) in [4.78, 5) is 24.0. The number of carbonyl (C=O) groups excluding carboxylic acids is 1. The van der Waals surface area contributed by atoms with E-state index in [9.17, 15) is 9.59 Å². The second kappa shape index (κ2) is 7.68. The third-order valence-electron chi connectivity index (χ3n) is 5.07. The van der Waals surface area contributed by atoms with Crippen molar-refractivity contribution in [3.63, 3.8) is 0 Å². The van der Waals surface area contributed by atoms with Gasteiger partial charge in [0.05, 0.1) is 11.1 Å². The summed E-state index contributed by atoms with van der Waals surface area (Å²) in [6, 6.07) is 12.8. The largest absolute Gasteiger partial charge is 0.482 e. The van der Waals surface area contributed by atoms with Crippen LogP contribution in [0.3, 0.4) is 0 Å². The Balaban J connectivity index is 1.47. The molecule has 1 aliphatic carbocycles. The van der Waals surface area contributed by atoms with E-state index < -0.39 is 5.63 Å². The molecule has 1 aliphatic rings. The van der Waals surface area contributed by atoms with Crippen LogP contribution in [0.4, 0.5) is 0 Å². The molecule has 0 saturated carbocycles. The lowest BCUT2D eigenvalue weighted by Gasteiger charge is -2.26. The van der Waals surface area contributed by atoms with E-state index in [4.69, 9.17) is 20.8 Å². The van der Waals surface area contributed by atoms with E-state index in [1.807, 2.05) is 19.1 Å². The Kier molecular flexibility index (Phi) is 5.09. The average Bonchev–Trinajstić information content (AvgIpc) is 2.67. The number of carbonyl (C=O) groups is 1. The summed E-state index contributed by atoms with van der Waals surface area (Å²) in [7, 11) is 0. The molecular weight excluding hydrogens is 378 g/mol. The maximum absolute atomic E-state index is 12.4. The number of amides is 1. The normalized spacial score (nSPS) is 15.9. The molecule has 1 N–H and O–H groups in total. The fourth-order valence-corrected chi connectivity index (χ4v) is 3.93. The van der Waals surface area contributed by atoms with E-state index in [0.717, 1.165) is 30.2 Å². The van der Waals surface area contributed by atoms with Gasteiger partial charge in [-0.15, -0.1) is 0 Å². The second-order valence-electron chi connectivity index (χ2n) is 7.03.